The van der Waals surface area contributed by atoms with Crippen LogP contribution in [0, 0.1) is 11.8 Å². The molecule has 0 amide bonds. The summed E-state index contributed by atoms with van der Waals surface area (Å²) in [7, 11) is 0. The van der Waals surface area contributed by atoms with Crippen molar-refractivity contribution in [3.63, 3.8) is 0 Å². The van der Waals surface area contributed by atoms with Gasteiger partial charge in [0.1, 0.15) is 0 Å². The van der Waals surface area contributed by atoms with Crippen LogP contribution in [-0.4, -0.2) is 6.61 Å². The molecule has 1 atom stereocenters. The average Bonchev–Trinajstić information content (AvgIpc) is 3.09. The molecule has 0 radical (unpaired) electrons. The van der Waals surface area contributed by atoms with E-state index in [0.29, 0.717) is 12.0 Å². The predicted octanol–water partition coefficient (Wildman–Crippen LogP) is 3.31. The van der Waals surface area contributed by atoms with Crippen LogP contribution in [0.4, 0.5) is 0 Å². The first-order valence-electron chi connectivity index (χ1n) is 6.19. The highest BCUT2D eigenvalue weighted by molar-refractivity contribution is 5.20. The number of rotatable bonds is 6. The second-order valence-electron chi connectivity index (χ2n) is 5.05. The Balaban J connectivity index is 1.90. The molecule has 1 aromatic carbocycles. The third kappa shape index (κ3) is 3.32. The lowest BCUT2D eigenvalue weighted by Crippen LogP contribution is -2.25. The fourth-order valence-electron chi connectivity index (χ4n) is 1.83. The summed E-state index contributed by atoms with van der Waals surface area (Å²) in [5.74, 6) is 1.33. The van der Waals surface area contributed by atoms with Gasteiger partial charge in [0.05, 0.1) is 12.6 Å². The van der Waals surface area contributed by atoms with Crippen molar-refractivity contribution in [1.29, 1.82) is 0 Å². The van der Waals surface area contributed by atoms with Gasteiger partial charge in [-0.15, -0.1) is 0 Å². The Morgan fingerprint density at radius 3 is 2.50 bits per heavy atom. The fourth-order valence-corrected chi connectivity index (χ4v) is 1.83. The van der Waals surface area contributed by atoms with Gasteiger partial charge in [0, 0.05) is 0 Å². The van der Waals surface area contributed by atoms with Crippen molar-refractivity contribution in [2.75, 3.05) is 6.61 Å². The fraction of sp³-hybridized carbons (Fsp3) is 0.571. The summed E-state index contributed by atoms with van der Waals surface area (Å²) in [5, 5.41) is 0. The minimum absolute atomic E-state index is 0.375. The second kappa shape index (κ2) is 5.46. The van der Waals surface area contributed by atoms with Crippen LogP contribution in [-0.2, 0) is 4.84 Å². The molecule has 1 unspecified atom stereocenters. The molecule has 2 heteroatoms. The van der Waals surface area contributed by atoms with Crippen molar-refractivity contribution in [2.24, 2.45) is 11.8 Å². The van der Waals surface area contributed by atoms with Gasteiger partial charge in [0.15, 0.2) is 0 Å². The summed E-state index contributed by atoms with van der Waals surface area (Å²) in [4.78, 5) is 5.56. The van der Waals surface area contributed by atoms with Crippen molar-refractivity contribution in [1.82, 2.24) is 5.48 Å². The number of benzene rings is 1. The van der Waals surface area contributed by atoms with Crippen molar-refractivity contribution in [2.45, 2.75) is 32.7 Å². The van der Waals surface area contributed by atoms with E-state index in [1.54, 1.807) is 0 Å². The lowest BCUT2D eigenvalue weighted by Gasteiger charge is -2.19. The van der Waals surface area contributed by atoms with Crippen molar-refractivity contribution in [3.05, 3.63) is 35.9 Å². The van der Waals surface area contributed by atoms with Crippen LogP contribution in [0.25, 0.3) is 0 Å². The molecule has 0 aromatic heterocycles. The van der Waals surface area contributed by atoms with Gasteiger partial charge >= 0.3 is 0 Å². The average molecular weight is 219 g/mol. The largest absolute Gasteiger partial charge is 0.301 e. The van der Waals surface area contributed by atoms with E-state index in [1.807, 2.05) is 0 Å². The Bertz CT molecular complexity index is 306. The number of hydrogen-bond donors (Lipinski definition) is 1. The molecule has 2 rings (SSSR count). The molecule has 1 aliphatic rings. The monoisotopic (exact) mass is 219 g/mol. The highest BCUT2D eigenvalue weighted by Gasteiger charge is 2.32. The Hall–Kier alpha value is -0.860. The third-order valence-corrected chi connectivity index (χ3v) is 2.88. The van der Waals surface area contributed by atoms with Crippen molar-refractivity contribution in [3.8, 4) is 0 Å². The van der Waals surface area contributed by atoms with Crippen LogP contribution in [0.3, 0.4) is 0 Å². The molecule has 1 aliphatic carbocycles. The minimum atomic E-state index is 0.375. The van der Waals surface area contributed by atoms with Crippen LogP contribution in [0.15, 0.2) is 30.3 Å². The second-order valence-corrected chi connectivity index (χ2v) is 5.05. The number of hydroxylamine groups is 1. The van der Waals surface area contributed by atoms with Gasteiger partial charge in [-0.3, -0.25) is 0 Å². The van der Waals surface area contributed by atoms with E-state index in [1.165, 1.54) is 18.4 Å². The van der Waals surface area contributed by atoms with Gasteiger partial charge < -0.3 is 4.84 Å². The van der Waals surface area contributed by atoms with Gasteiger partial charge in [0.25, 0.3) is 0 Å². The molecule has 1 fully saturated rings. The lowest BCUT2D eigenvalue weighted by molar-refractivity contribution is -0.00465. The molecule has 0 spiro atoms. The first kappa shape index (κ1) is 11.6. The molecule has 1 saturated carbocycles. The Morgan fingerprint density at radius 2 is 1.94 bits per heavy atom. The molecular formula is C14H21NO. The summed E-state index contributed by atoms with van der Waals surface area (Å²) in [5.41, 5.74) is 4.57. The van der Waals surface area contributed by atoms with Crippen molar-refractivity contribution < 1.29 is 4.84 Å². The van der Waals surface area contributed by atoms with E-state index in [0.717, 1.165) is 12.5 Å². The molecule has 0 heterocycles. The maximum atomic E-state index is 5.56. The van der Waals surface area contributed by atoms with Crippen LogP contribution in [0.5, 0.6) is 0 Å². The highest BCUT2D eigenvalue weighted by Crippen LogP contribution is 2.40. The predicted molar refractivity (Wildman–Crippen MR) is 65.8 cm³/mol. The van der Waals surface area contributed by atoms with Crippen LogP contribution in [0.1, 0.15) is 38.3 Å². The smallest absolute Gasteiger partial charge is 0.0705 e. The minimum Gasteiger partial charge on any atom is -0.301 e. The van der Waals surface area contributed by atoms with E-state index < -0.39 is 0 Å². The zero-order valence-corrected chi connectivity index (χ0v) is 10.1. The number of nitrogens with one attached hydrogen (secondary N) is 1. The Morgan fingerprint density at radius 1 is 1.25 bits per heavy atom. The normalized spacial score (nSPS) is 17.7. The molecule has 0 saturated heterocycles. The van der Waals surface area contributed by atoms with E-state index >= 15 is 0 Å². The summed E-state index contributed by atoms with van der Waals surface area (Å²) in [6.45, 7) is 5.10. The molecule has 0 aliphatic heterocycles. The van der Waals surface area contributed by atoms with Gasteiger partial charge in [-0.05, 0) is 30.2 Å². The zero-order valence-electron chi connectivity index (χ0n) is 10.1. The van der Waals surface area contributed by atoms with Gasteiger partial charge in [-0.2, -0.15) is 5.48 Å². The molecular weight excluding hydrogens is 198 g/mol. The summed E-state index contributed by atoms with van der Waals surface area (Å²) in [6.07, 6.45) is 2.63. The highest BCUT2D eigenvalue weighted by atomic mass is 16.6. The number of hydrogen-bond acceptors (Lipinski definition) is 2. The lowest BCUT2D eigenvalue weighted by atomic mass is 10.0. The standard InChI is InChI=1S/C14H21NO/c1-11(2)10-16-15-14(13-8-9-13)12-6-4-3-5-7-12/h3-7,11,13-15H,8-10H2,1-2H3. The summed E-state index contributed by atoms with van der Waals surface area (Å²) in [6, 6.07) is 11.0. The molecule has 88 valence electrons. The van der Waals surface area contributed by atoms with E-state index in [2.05, 4.69) is 49.7 Å². The molecule has 2 nitrogen and oxygen atoms in total. The molecule has 1 aromatic rings. The van der Waals surface area contributed by atoms with Crippen LogP contribution in [0.2, 0.25) is 0 Å². The van der Waals surface area contributed by atoms with Crippen molar-refractivity contribution >= 4 is 0 Å². The van der Waals surface area contributed by atoms with E-state index in [4.69, 9.17) is 4.84 Å². The third-order valence-electron chi connectivity index (χ3n) is 2.88. The Labute approximate surface area is 98.0 Å². The SMILES string of the molecule is CC(C)CONC(c1ccccc1)C1CC1. The molecule has 0 bridgehead atoms. The van der Waals surface area contributed by atoms with Crippen LogP contribution < -0.4 is 5.48 Å². The molecule has 16 heavy (non-hydrogen) atoms. The quantitative estimate of drug-likeness (QED) is 0.741. The first-order valence-corrected chi connectivity index (χ1v) is 6.19. The topological polar surface area (TPSA) is 21.3 Å². The first-order chi connectivity index (χ1) is 7.77. The van der Waals surface area contributed by atoms with Gasteiger partial charge in [0.2, 0.25) is 0 Å². The zero-order chi connectivity index (χ0) is 11.4. The van der Waals surface area contributed by atoms with Gasteiger partial charge in [-0.1, -0.05) is 44.2 Å². The van der Waals surface area contributed by atoms with E-state index in [9.17, 15) is 0 Å². The summed E-state index contributed by atoms with van der Waals surface area (Å²) >= 11 is 0. The maximum absolute atomic E-state index is 5.56. The Kier molecular flexibility index (Phi) is 3.97. The van der Waals surface area contributed by atoms with E-state index in [-0.39, 0.29) is 0 Å². The summed E-state index contributed by atoms with van der Waals surface area (Å²) < 4.78 is 0. The van der Waals surface area contributed by atoms with Gasteiger partial charge in [-0.25, -0.2) is 0 Å². The maximum Gasteiger partial charge on any atom is 0.0705 e. The molecule has 1 N–H and O–H groups in total. The van der Waals surface area contributed by atoms with Crippen LogP contribution >= 0.6 is 0 Å².